The average Bonchev–Trinajstić information content (AvgIpc) is 2.14. The van der Waals surface area contributed by atoms with Crippen LogP contribution in [0.2, 0.25) is 0 Å². The van der Waals surface area contributed by atoms with E-state index in [9.17, 15) is 8.78 Å². The van der Waals surface area contributed by atoms with Crippen LogP contribution >= 0.6 is 0 Å². The lowest BCUT2D eigenvalue weighted by molar-refractivity contribution is 0.314. The molecule has 0 radical (unpaired) electrons. The van der Waals surface area contributed by atoms with E-state index in [0.29, 0.717) is 0 Å². The highest BCUT2D eigenvalue weighted by molar-refractivity contribution is 5.39. The van der Waals surface area contributed by atoms with Gasteiger partial charge in [0.2, 0.25) is 5.82 Å². The first kappa shape index (κ1) is 9.53. The number of rotatable bonds is 2. The number of halogens is 2. The smallest absolute Gasteiger partial charge is 0.201 e. The van der Waals surface area contributed by atoms with Gasteiger partial charge in [0.1, 0.15) is 0 Å². The van der Waals surface area contributed by atoms with Gasteiger partial charge in [0.25, 0.3) is 0 Å². The van der Waals surface area contributed by atoms with Crippen molar-refractivity contribution < 1.29 is 13.5 Å². The zero-order chi connectivity index (χ0) is 9.84. The van der Waals surface area contributed by atoms with Gasteiger partial charge in [-0.1, -0.05) is 5.92 Å². The van der Waals surface area contributed by atoms with E-state index in [4.69, 9.17) is 11.2 Å². The van der Waals surface area contributed by atoms with Gasteiger partial charge in [0, 0.05) is 0 Å². The third-order valence-corrected chi connectivity index (χ3v) is 1.50. The summed E-state index contributed by atoms with van der Waals surface area (Å²) in [5, 5.41) is 0. The molecule has 0 fully saturated rings. The molecule has 0 saturated heterocycles. The number of benzene rings is 1. The van der Waals surface area contributed by atoms with Crippen LogP contribution in [-0.4, -0.2) is 6.61 Å². The number of hydrogen-bond acceptors (Lipinski definition) is 1. The zero-order valence-corrected chi connectivity index (χ0v) is 7.10. The number of terminal acetylenes is 1. The second kappa shape index (κ2) is 3.90. The molecule has 0 bridgehead atoms. The summed E-state index contributed by atoms with van der Waals surface area (Å²) in [6.07, 6.45) is 4.95. The Kier molecular flexibility index (Phi) is 2.86. The summed E-state index contributed by atoms with van der Waals surface area (Å²) >= 11 is 0. The van der Waals surface area contributed by atoms with Crippen molar-refractivity contribution in [2.24, 2.45) is 0 Å². The van der Waals surface area contributed by atoms with Crippen LogP contribution in [0.15, 0.2) is 12.1 Å². The van der Waals surface area contributed by atoms with Crippen molar-refractivity contribution >= 4 is 0 Å². The van der Waals surface area contributed by atoms with E-state index in [-0.39, 0.29) is 17.9 Å². The molecule has 1 aromatic carbocycles. The third kappa shape index (κ3) is 1.78. The Morgan fingerprint density at radius 1 is 1.38 bits per heavy atom. The lowest BCUT2D eigenvalue weighted by atomic mass is 10.2. The quantitative estimate of drug-likeness (QED) is 0.638. The monoisotopic (exact) mass is 182 g/mol. The van der Waals surface area contributed by atoms with Crippen molar-refractivity contribution in [3.05, 3.63) is 29.3 Å². The maximum atomic E-state index is 13.0. The molecule has 0 aliphatic carbocycles. The highest BCUT2D eigenvalue weighted by atomic mass is 19.2. The minimum atomic E-state index is -1.03. The van der Waals surface area contributed by atoms with Crippen molar-refractivity contribution in [1.82, 2.24) is 0 Å². The Bertz CT molecular complexity index is 353. The molecule has 0 aliphatic heterocycles. The lowest BCUT2D eigenvalue weighted by Crippen LogP contribution is -1.98. The molecule has 0 atom stereocenters. The molecule has 0 aromatic heterocycles. The van der Waals surface area contributed by atoms with Crippen molar-refractivity contribution in [3.8, 4) is 18.1 Å². The van der Waals surface area contributed by atoms with E-state index < -0.39 is 11.6 Å². The predicted octanol–water partition coefficient (Wildman–Crippen LogP) is 2.34. The first-order valence-electron chi connectivity index (χ1n) is 3.78. The lowest BCUT2D eigenvalue weighted by Gasteiger charge is -2.05. The van der Waals surface area contributed by atoms with Crippen molar-refractivity contribution in [1.29, 1.82) is 0 Å². The summed E-state index contributed by atoms with van der Waals surface area (Å²) in [4.78, 5) is 0. The highest BCUT2D eigenvalue weighted by Crippen LogP contribution is 2.21. The molecule has 0 N–H and O–H groups in total. The van der Waals surface area contributed by atoms with E-state index in [0.717, 1.165) is 0 Å². The van der Waals surface area contributed by atoms with Gasteiger partial charge < -0.3 is 4.74 Å². The Hall–Kier alpha value is -1.56. The van der Waals surface area contributed by atoms with E-state index in [1.807, 2.05) is 5.92 Å². The topological polar surface area (TPSA) is 9.23 Å². The molecule has 0 spiro atoms. The van der Waals surface area contributed by atoms with Gasteiger partial charge in [-0.15, -0.1) is 6.42 Å². The SMILES string of the molecule is C#Cc1ccc(OCC)c(F)c1F. The van der Waals surface area contributed by atoms with E-state index >= 15 is 0 Å². The summed E-state index contributed by atoms with van der Waals surface area (Å²) in [5.74, 6) is -0.141. The predicted molar refractivity (Wildman–Crippen MR) is 45.5 cm³/mol. The van der Waals surface area contributed by atoms with Crippen molar-refractivity contribution in [3.63, 3.8) is 0 Å². The fourth-order valence-corrected chi connectivity index (χ4v) is 0.910. The van der Waals surface area contributed by atoms with Gasteiger partial charge in [-0.05, 0) is 19.1 Å². The molecule has 3 heteroatoms. The molecule has 1 nitrogen and oxygen atoms in total. The molecule has 68 valence electrons. The van der Waals surface area contributed by atoms with Gasteiger partial charge in [-0.25, -0.2) is 4.39 Å². The van der Waals surface area contributed by atoms with Crippen LogP contribution in [0, 0.1) is 24.0 Å². The van der Waals surface area contributed by atoms with Crippen LogP contribution in [0.3, 0.4) is 0 Å². The largest absolute Gasteiger partial charge is 0.491 e. The third-order valence-electron chi connectivity index (χ3n) is 1.50. The summed E-state index contributed by atoms with van der Waals surface area (Å²) in [7, 11) is 0. The van der Waals surface area contributed by atoms with Gasteiger partial charge in [0.15, 0.2) is 11.6 Å². The minimum Gasteiger partial charge on any atom is -0.491 e. The summed E-state index contributed by atoms with van der Waals surface area (Å²) < 4.78 is 30.9. The van der Waals surface area contributed by atoms with Crippen LogP contribution in [0.4, 0.5) is 8.78 Å². The second-order valence-electron chi connectivity index (χ2n) is 2.32. The molecule has 0 unspecified atom stereocenters. The summed E-state index contributed by atoms with van der Waals surface area (Å²) in [6.45, 7) is 1.97. The van der Waals surface area contributed by atoms with Gasteiger partial charge in [-0.3, -0.25) is 0 Å². The maximum absolute atomic E-state index is 13.0. The standard InChI is InChI=1S/C10H8F2O/c1-3-7-5-6-8(13-4-2)10(12)9(7)11/h1,5-6H,4H2,2H3. The minimum absolute atomic E-state index is 0.0963. The van der Waals surface area contributed by atoms with Crippen LogP contribution < -0.4 is 4.74 Å². The molecule has 1 aromatic rings. The van der Waals surface area contributed by atoms with Crippen molar-refractivity contribution in [2.45, 2.75) is 6.92 Å². The second-order valence-corrected chi connectivity index (χ2v) is 2.32. The average molecular weight is 182 g/mol. The van der Waals surface area contributed by atoms with Gasteiger partial charge in [0.05, 0.1) is 12.2 Å². The van der Waals surface area contributed by atoms with Crippen molar-refractivity contribution in [2.75, 3.05) is 6.61 Å². The fraction of sp³-hybridized carbons (Fsp3) is 0.200. The van der Waals surface area contributed by atoms with Crippen LogP contribution in [0.5, 0.6) is 5.75 Å². The molecule has 1 rings (SSSR count). The first-order valence-corrected chi connectivity index (χ1v) is 3.78. The molecule has 0 heterocycles. The van der Waals surface area contributed by atoms with Crippen LogP contribution in [0.25, 0.3) is 0 Å². The normalized spacial score (nSPS) is 9.38. The van der Waals surface area contributed by atoms with Crippen LogP contribution in [0.1, 0.15) is 12.5 Å². The number of ether oxygens (including phenoxy) is 1. The molecule has 0 amide bonds. The first-order chi connectivity index (χ1) is 6.20. The Morgan fingerprint density at radius 3 is 2.62 bits per heavy atom. The van der Waals surface area contributed by atoms with E-state index in [1.165, 1.54) is 12.1 Å². The fourth-order valence-electron chi connectivity index (χ4n) is 0.910. The Labute approximate surface area is 75.3 Å². The Morgan fingerprint density at radius 2 is 2.08 bits per heavy atom. The molecule has 13 heavy (non-hydrogen) atoms. The molecular formula is C10H8F2O. The van der Waals surface area contributed by atoms with Gasteiger partial charge in [-0.2, -0.15) is 4.39 Å². The summed E-state index contributed by atoms with van der Waals surface area (Å²) in [5.41, 5.74) is -0.0963. The summed E-state index contributed by atoms with van der Waals surface area (Å²) in [6, 6.07) is 2.63. The van der Waals surface area contributed by atoms with Gasteiger partial charge >= 0.3 is 0 Å². The molecular weight excluding hydrogens is 174 g/mol. The van der Waals surface area contributed by atoms with E-state index in [2.05, 4.69) is 0 Å². The maximum Gasteiger partial charge on any atom is 0.201 e. The molecule has 0 aliphatic rings. The molecule has 0 saturated carbocycles. The Balaban J connectivity index is 3.17. The van der Waals surface area contributed by atoms with Crippen LogP contribution in [-0.2, 0) is 0 Å². The highest BCUT2D eigenvalue weighted by Gasteiger charge is 2.12. The van der Waals surface area contributed by atoms with E-state index in [1.54, 1.807) is 6.92 Å². The zero-order valence-electron chi connectivity index (χ0n) is 7.10. The number of hydrogen-bond donors (Lipinski definition) is 0.